The van der Waals surface area contributed by atoms with Gasteiger partial charge in [0.15, 0.2) is 11.6 Å². The predicted octanol–water partition coefficient (Wildman–Crippen LogP) is 6.79. The van der Waals surface area contributed by atoms with E-state index in [1.165, 1.54) is 12.1 Å². The maximum atomic E-state index is 14.0. The minimum absolute atomic E-state index is 0.0750. The van der Waals surface area contributed by atoms with E-state index in [-0.39, 0.29) is 22.4 Å². The third-order valence-electron chi connectivity index (χ3n) is 6.40. The fraction of sp³-hybridized carbons (Fsp3) is 0.462. The number of hydrazone groups is 1. The first-order valence-electron chi connectivity index (χ1n) is 11.7. The largest absolute Gasteiger partial charge is 0.482 e. The quantitative estimate of drug-likeness (QED) is 0.246. The molecule has 0 spiro atoms. The summed E-state index contributed by atoms with van der Waals surface area (Å²) < 4.78 is 20.0. The zero-order chi connectivity index (χ0) is 25.9. The number of anilines is 1. The molecule has 1 aliphatic rings. The van der Waals surface area contributed by atoms with Crippen LogP contribution < -0.4 is 10.5 Å². The lowest BCUT2D eigenvalue weighted by molar-refractivity contribution is 0.0728. The van der Waals surface area contributed by atoms with E-state index >= 15 is 0 Å². The van der Waals surface area contributed by atoms with Crippen molar-refractivity contribution in [3.05, 3.63) is 57.6 Å². The zero-order valence-electron chi connectivity index (χ0n) is 21.0. The van der Waals surface area contributed by atoms with Gasteiger partial charge in [0.25, 0.3) is 0 Å². The van der Waals surface area contributed by atoms with Gasteiger partial charge in [0, 0.05) is 53.9 Å². The van der Waals surface area contributed by atoms with Crippen molar-refractivity contribution >= 4 is 41.3 Å². The number of benzene rings is 1. The van der Waals surface area contributed by atoms with Crippen LogP contribution in [0.15, 0.2) is 35.7 Å². The van der Waals surface area contributed by atoms with Gasteiger partial charge in [0.05, 0.1) is 11.1 Å². The summed E-state index contributed by atoms with van der Waals surface area (Å²) >= 11 is 12.4. The van der Waals surface area contributed by atoms with Crippen LogP contribution in [0.5, 0.6) is 5.75 Å². The van der Waals surface area contributed by atoms with Gasteiger partial charge in [0.1, 0.15) is 11.9 Å². The Morgan fingerprint density at radius 1 is 1.34 bits per heavy atom. The molecule has 1 aromatic heterocycles. The molecule has 6 nitrogen and oxygen atoms in total. The summed E-state index contributed by atoms with van der Waals surface area (Å²) in [5.41, 5.74) is 8.34. The van der Waals surface area contributed by atoms with E-state index in [1.54, 1.807) is 19.2 Å². The van der Waals surface area contributed by atoms with Crippen molar-refractivity contribution in [2.75, 3.05) is 18.8 Å². The SMILES string of the molecule is C=NN(/C=C(\C)c1cnc(N)c(O[C@@H](C)c2c(Cl)ccc(F)c2Cl)c1)C1CCN(C(C)(C)C)CC1. The van der Waals surface area contributed by atoms with Crippen molar-refractivity contribution in [1.82, 2.24) is 14.9 Å². The molecule has 1 fully saturated rings. The van der Waals surface area contributed by atoms with E-state index in [0.717, 1.165) is 37.1 Å². The second-order valence-corrected chi connectivity index (χ2v) is 10.6. The minimum atomic E-state index is -0.645. The lowest BCUT2D eigenvalue weighted by Crippen LogP contribution is -2.49. The molecule has 2 heterocycles. The second-order valence-electron chi connectivity index (χ2n) is 9.85. The predicted molar refractivity (Wildman–Crippen MR) is 143 cm³/mol. The van der Waals surface area contributed by atoms with Gasteiger partial charge in [0.2, 0.25) is 0 Å². The smallest absolute Gasteiger partial charge is 0.166 e. The number of rotatable bonds is 7. The van der Waals surface area contributed by atoms with Crippen LogP contribution >= 0.6 is 23.2 Å². The Hall–Kier alpha value is -2.35. The van der Waals surface area contributed by atoms with E-state index in [9.17, 15) is 4.39 Å². The van der Waals surface area contributed by atoms with Crippen LogP contribution in [0, 0.1) is 5.82 Å². The summed E-state index contributed by atoms with van der Waals surface area (Å²) in [6.07, 6.45) is 5.02. The standard InChI is InChI=1S/C26H34Cl2FN5O/c1-16(15-34(31-6)19-9-11-33(12-10-19)26(3,4)5)18-13-22(25(30)32-14-18)35-17(2)23-20(27)7-8-21(29)24(23)28/h7-8,13-15,17,19H,6,9-12H2,1-5H3,(H2,30,32)/b16-15+/t17-/m0/s1. The molecule has 2 N–H and O–H groups in total. The van der Waals surface area contributed by atoms with Gasteiger partial charge in [-0.2, -0.15) is 5.10 Å². The number of allylic oxidation sites excluding steroid dienone is 1. The Balaban J connectivity index is 1.78. The number of likely N-dealkylation sites (tertiary alicyclic amines) is 1. The molecule has 3 rings (SSSR count). The molecule has 2 aromatic rings. The molecule has 9 heteroatoms. The maximum Gasteiger partial charge on any atom is 0.166 e. The minimum Gasteiger partial charge on any atom is -0.482 e. The third-order valence-corrected chi connectivity index (χ3v) is 7.12. The lowest BCUT2D eigenvalue weighted by atomic mass is 9.97. The number of nitrogen functional groups attached to an aromatic ring is 1. The number of hydrogen-bond acceptors (Lipinski definition) is 6. The molecule has 0 saturated carbocycles. The number of halogens is 3. The molecule has 1 atom stereocenters. The Labute approximate surface area is 217 Å². The summed E-state index contributed by atoms with van der Waals surface area (Å²) in [5, 5.41) is 6.44. The average Bonchev–Trinajstić information content (AvgIpc) is 2.81. The van der Waals surface area contributed by atoms with Crippen molar-refractivity contribution in [1.29, 1.82) is 0 Å². The number of nitrogens with zero attached hydrogens (tertiary/aromatic N) is 4. The highest BCUT2D eigenvalue weighted by molar-refractivity contribution is 6.36. The van der Waals surface area contributed by atoms with Crippen LogP contribution in [-0.2, 0) is 0 Å². The molecule has 0 radical (unpaired) electrons. The molecule has 1 saturated heterocycles. The fourth-order valence-electron chi connectivity index (χ4n) is 4.27. The first kappa shape index (κ1) is 27.2. The van der Waals surface area contributed by atoms with Crippen LogP contribution in [0.25, 0.3) is 5.57 Å². The zero-order valence-corrected chi connectivity index (χ0v) is 22.5. The fourth-order valence-corrected chi connectivity index (χ4v) is 4.94. The monoisotopic (exact) mass is 521 g/mol. The molecule has 0 unspecified atom stereocenters. The average molecular weight is 522 g/mol. The van der Waals surface area contributed by atoms with E-state index in [2.05, 4.69) is 42.5 Å². The van der Waals surface area contributed by atoms with Gasteiger partial charge in [-0.05, 0) is 71.2 Å². The summed E-state index contributed by atoms with van der Waals surface area (Å²) in [5.74, 6) is 0.00605. The molecule has 1 aromatic carbocycles. The van der Waals surface area contributed by atoms with Gasteiger partial charge in [-0.25, -0.2) is 9.37 Å². The number of hydrogen-bond donors (Lipinski definition) is 1. The highest BCUT2D eigenvalue weighted by Gasteiger charge is 2.29. The summed E-state index contributed by atoms with van der Waals surface area (Å²) in [4.78, 5) is 6.79. The van der Waals surface area contributed by atoms with Crippen LogP contribution in [0.1, 0.15) is 64.7 Å². The van der Waals surface area contributed by atoms with Crippen LogP contribution in [-0.4, -0.2) is 46.3 Å². The van der Waals surface area contributed by atoms with E-state index in [0.29, 0.717) is 16.3 Å². The highest BCUT2D eigenvalue weighted by atomic mass is 35.5. The molecule has 0 aliphatic carbocycles. The highest BCUT2D eigenvalue weighted by Crippen LogP contribution is 2.36. The number of nitrogens with two attached hydrogens (primary N) is 1. The molecule has 0 bridgehead atoms. The van der Waals surface area contributed by atoms with Crippen molar-refractivity contribution in [3.8, 4) is 5.75 Å². The normalized spacial score (nSPS) is 16.7. The Morgan fingerprint density at radius 2 is 2.00 bits per heavy atom. The number of ether oxygens (including phenoxy) is 1. The first-order valence-corrected chi connectivity index (χ1v) is 12.4. The Bertz CT molecular complexity index is 1090. The summed E-state index contributed by atoms with van der Waals surface area (Å²) in [6.45, 7) is 16.2. The lowest BCUT2D eigenvalue weighted by Gasteiger charge is -2.42. The van der Waals surface area contributed by atoms with Gasteiger partial charge < -0.3 is 10.5 Å². The molecule has 1 aliphatic heterocycles. The number of aromatic nitrogens is 1. The first-order chi connectivity index (χ1) is 16.4. The van der Waals surface area contributed by atoms with Gasteiger partial charge in [-0.1, -0.05) is 23.2 Å². The van der Waals surface area contributed by atoms with E-state index < -0.39 is 11.9 Å². The maximum absolute atomic E-state index is 14.0. The topological polar surface area (TPSA) is 67.0 Å². The summed E-state index contributed by atoms with van der Waals surface area (Å²) in [6, 6.07) is 4.75. The number of pyridine rings is 1. The van der Waals surface area contributed by atoms with Gasteiger partial charge in [-0.15, -0.1) is 0 Å². The molecule has 0 amide bonds. The second kappa shape index (κ2) is 11.1. The Morgan fingerprint density at radius 3 is 2.60 bits per heavy atom. The van der Waals surface area contributed by atoms with Crippen LogP contribution in [0.4, 0.5) is 10.2 Å². The van der Waals surface area contributed by atoms with Crippen molar-refractivity contribution in [2.45, 2.75) is 65.1 Å². The van der Waals surface area contributed by atoms with E-state index in [1.807, 2.05) is 18.1 Å². The van der Waals surface area contributed by atoms with Crippen molar-refractivity contribution < 1.29 is 9.13 Å². The third kappa shape index (κ3) is 6.46. The van der Waals surface area contributed by atoms with Crippen LogP contribution in [0.2, 0.25) is 10.0 Å². The Kier molecular flexibility index (Phi) is 8.67. The molecular formula is C26H34Cl2FN5O. The molecule has 35 heavy (non-hydrogen) atoms. The van der Waals surface area contributed by atoms with Crippen LogP contribution in [0.3, 0.4) is 0 Å². The van der Waals surface area contributed by atoms with Gasteiger partial charge >= 0.3 is 0 Å². The van der Waals surface area contributed by atoms with Gasteiger partial charge in [-0.3, -0.25) is 9.91 Å². The molecular weight excluding hydrogens is 488 g/mol. The van der Waals surface area contributed by atoms with Crippen molar-refractivity contribution in [3.63, 3.8) is 0 Å². The summed E-state index contributed by atoms with van der Waals surface area (Å²) in [7, 11) is 0. The van der Waals surface area contributed by atoms with Crippen molar-refractivity contribution in [2.24, 2.45) is 5.10 Å². The number of piperidine rings is 1. The molecule has 190 valence electrons. The van der Waals surface area contributed by atoms with E-state index in [4.69, 9.17) is 33.7 Å².